The molecule has 0 heterocycles. The molecule has 0 spiro atoms. The lowest BCUT2D eigenvalue weighted by Gasteiger charge is -2.14. The number of nitrogens with zero attached hydrogens (tertiary/aromatic N) is 2. The Morgan fingerprint density at radius 3 is 2.09 bits per heavy atom. The van der Waals surface area contributed by atoms with Crippen LogP contribution in [0, 0.1) is 13.8 Å². The molecular weight excluding hydrogens is 304 g/mol. The number of halogens is 1. The number of rotatable bonds is 6. The minimum atomic E-state index is 0. The highest BCUT2D eigenvalue weighted by Crippen LogP contribution is 2.19. The number of hydrogen-bond acceptors (Lipinski definition) is 2. The third-order valence-corrected chi connectivity index (χ3v) is 3.80. The molecular formula is C20H26ClN2-. The summed E-state index contributed by atoms with van der Waals surface area (Å²) in [5, 5.41) is 0. The molecule has 2 rings (SSSR count). The maximum absolute atomic E-state index is 4.95. The van der Waals surface area contributed by atoms with Crippen LogP contribution in [-0.2, 0) is 0 Å². The van der Waals surface area contributed by atoms with E-state index >= 15 is 0 Å². The summed E-state index contributed by atoms with van der Waals surface area (Å²) in [5.41, 5.74) is 6.17. The fourth-order valence-corrected chi connectivity index (χ4v) is 2.68. The van der Waals surface area contributed by atoms with Gasteiger partial charge in [-0.25, -0.2) is 0 Å². The first kappa shape index (κ1) is 19.4. The molecule has 0 saturated heterocycles. The Morgan fingerprint density at radius 2 is 1.52 bits per heavy atom. The predicted octanol–water partition coefficient (Wildman–Crippen LogP) is 1.10. The highest BCUT2D eigenvalue weighted by molar-refractivity contribution is 6.14. The summed E-state index contributed by atoms with van der Waals surface area (Å²) in [6.07, 6.45) is 1.08. The van der Waals surface area contributed by atoms with Crippen LogP contribution in [0.1, 0.15) is 28.7 Å². The van der Waals surface area contributed by atoms with E-state index < -0.39 is 0 Å². The second kappa shape index (κ2) is 9.49. The van der Waals surface area contributed by atoms with Crippen LogP contribution in [0.5, 0.6) is 0 Å². The van der Waals surface area contributed by atoms with Crippen molar-refractivity contribution in [2.45, 2.75) is 20.3 Å². The normalized spacial score (nSPS) is 11.4. The third-order valence-electron chi connectivity index (χ3n) is 3.80. The van der Waals surface area contributed by atoms with E-state index in [-0.39, 0.29) is 12.4 Å². The molecule has 0 unspecified atom stereocenters. The van der Waals surface area contributed by atoms with E-state index in [1.54, 1.807) is 0 Å². The van der Waals surface area contributed by atoms with Crippen molar-refractivity contribution in [3.8, 4) is 0 Å². The summed E-state index contributed by atoms with van der Waals surface area (Å²) in [6, 6.07) is 17.0. The predicted molar refractivity (Wildman–Crippen MR) is 96.0 cm³/mol. The second-order valence-corrected chi connectivity index (χ2v) is 6.02. The smallest absolute Gasteiger partial charge is 0.0724 e. The van der Waals surface area contributed by atoms with Crippen LogP contribution in [-0.4, -0.2) is 37.8 Å². The van der Waals surface area contributed by atoms with Gasteiger partial charge in [-0.15, -0.1) is 0 Å². The zero-order valence-electron chi connectivity index (χ0n) is 14.5. The molecule has 2 nitrogen and oxygen atoms in total. The van der Waals surface area contributed by atoms with Crippen molar-refractivity contribution >= 4 is 5.71 Å². The number of aryl methyl sites for hydroxylation is 2. The number of hydrogen-bond donors (Lipinski definition) is 0. The highest BCUT2D eigenvalue weighted by atomic mass is 35.5. The first-order valence-electron chi connectivity index (χ1n) is 7.91. The van der Waals surface area contributed by atoms with E-state index in [0.717, 1.165) is 25.2 Å². The Morgan fingerprint density at radius 1 is 0.913 bits per heavy atom. The molecule has 0 radical (unpaired) electrons. The molecule has 0 fully saturated rings. The largest absolute Gasteiger partial charge is 1.00 e. The van der Waals surface area contributed by atoms with Gasteiger partial charge in [0.1, 0.15) is 0 Å². The minimum absolute atomic E-state index is 0. The van der Waals surface area contributed by atoms with Gasteiger partial charge in [-0.05, 0) is 52.0 Å². The average molecular weight is 330 g/mol. The molecule has 2 aromatic rings. The van der Waals surface area contributed by atoms with Gasteiger partial charge in [0.15, 0.2) is 0 Å². The van der Waals surface area contributed by atoms with Crippen molar-refractivity contribution in [3.05, 3.63) is 70.8 Å². The summed E-state index contributed by atoms with van der Waals surface area (Å²) in [7, 11) is 4.21. The van der Waals surface area contributed by atoms with Crippen LogP contribution in [0.2, 0.25) is 0 Å². The first-order valence-corrected chi connectivity index (χ1v) is 7.91. The Hall–Kier alpha value is -1.64. The van der Waals surface area contributed by atoms with Crippen LogP contribution in [0.15, 0.2) is 53.5 Å². The fraction of sp³-hybridized carbons (Fsp3) is 0.350. The van der Waals surface area contributed by atoms with Crippen LogP contribution < -0.4 is 12.4 Å². The number of aliphatic imine (C=N–C) groups is 1. The molecule has 0 aliphatic carbocycles. The Bertz CT molecular complexity index is 613. The van der Waals surface area contributed by atoms with E-state index in [1.165, 1.54) is 22.3 Å². The molecule has 0 amide bonds. The van der Waals surface area contributed by atoms with Gasteiger partial charge in [-0.2, -0.15) is 0 Å². The lowest BCUT2D eigenvalue weighted by atomic mass is 9.94. The molecule has 0 aromatic heterocycles. The molecule has 124 valence electrons. The SMILES string of the molecule is Cc1cccc(C)c1C(=NCCCN(C)C)c1ccccc1.[Cl-]. The van der Waals surface area contributed by atoms with Gasteiger partial charge in [0.2, 0.25) is 0 Å². The van der Waals surface area contributed by atoms with E-state index in [4.69, 9.17) is 4.99 Å². The molecule has 0 atom stereocenters. The standard InChI is InChI=1S/C20H26N2.ClH/c1-16-10-8-11-17(2)19(16)20(18-12-6-5-7-13-18)21-14-9-15-22(3)4;/h5-8,10-13H,9,14-15H2,1-4H3;1H/p-1. The number of benzene rings is 2. The topological polar surface area (TPSA) is 15.6 Å². The van der Waals surface area contributed by atoms with Gasteiger partial charge in [0.05, 0.1) is 5.71 Å². The Kier molecular flexibility index (Phi) is 8.01. The van der Waals surface area contributed by atoms with E-state index in [2.05, 4.69) is 81.4 Å². The average Bonchev–Trinajstić information content (AvgIpc) is 2.50. The lowest BCUT2D eigenvalue weighted by Crippen LogP contribution is -3.00. The summed E-state index contributed by atoms with van der Waals surface area (Å²) in [4.78, 5) is 7.15. The van der Waals surface area contributed by atoms with Gasteiger partial charge in [0.25, 0.3) is 0 Å². The van der Waals surface area contributed by atoms with E-state index in [0.29, 0.717) is 0 Å². The summed E-state index contributed by atoms with van der Waals surface area (Å²) >= 11 is 0. The van der Waals surface area contributed by atoms with Gasteiger partial charge in [0, 0.05) is 17.7 Å². The fourth-order valence-electron chi connectivity index (χ4n) is 2.68. The van der Waals surface area contributed by atoms with Crippen molar-refractivity contribution < 1.29 is 12.4 Å². The monoisotopic (exact) mass is 329 g/mol. The maximum atomic E-state index is 4.95. The van der Waals surface area contributed by atoms with E-state index in [1.807, 2.05) is 0 Å². The molecule has 23 heavy (non-hydrogen) atoms. The third kappa shape index (κ3) is 5.49. The molecule has 0 bridgehead atoms. The summed E-state index contributed by atoms with van der Waals surface area (Å²) < 4.78 is 0. The zero-order valence-corrected chi connectivity index (χ0v) is 15.3. The van der Waals surface area contributed by atoms with Crippen molar-refractivity contribution in [3.63, 3.8) is 0 Å². The van der Waals surface area contributed by atoms with Crippen LogP contribution >= 0.6 is 0 Å². The summed E-state index contributed by atoms with van der Waals surface area (Å²) in [5.74, 6) is 0. The summed E-state index contributed by atoms with van der Waals surface area (Å²) in [6.45, 7) is 6.26. The van der Waals surface area contributed by atoms with Crippen molar-refractivity contribution in [1.29, 1.82) is 0 Å². The maximum Gasteiger partial charge on any atom is 0.0724 e. The molecule has 0 saturated carbocycles. The molecule has 3 heteroatoms. The van der Waals surface area contributed by atoms with Crippen LogP contribution in [0.25, 0.3) is 0 Å². The Labute approximate surface area is 146 Å². The zero-order chi connectivity index (χ0) is 15.9. The lowest BCUT2D eigenvalue weighted by molar-refractivity contribution is -0.00000474. The van der Waals surface area contributed by atoms with Crippen LogP contribution in [0.3, 0.4) is 0 Å². The second-order valence-electron chi connectivity index (χ2n) is 6.02. The van der Waals surface area contributed by atoms with E-state index in [9.17, 15) is 0 Å². The molecule has 2 aromatic carbocycles. The molecule has 0 N–H and O–H groups in total. The molecule has 0 aliphatic heterocycles. The van der Waals surface area contributed by atoms with Gasteiger partial charge in [-0.1, -0.05) is 48.5 Å². The van der Waals surface area contributed by atoms with Crippen LogP contribution in [0.4, 0.5) is 0 Å². The quantitative estimate of drug-likeness (QED) is 0.572. The van der Waals surface area contributed by atoms with Crippen molar-refractivity contribution in [2.24, 2.45) is 4.99 Å². The highest BCUT2D eigenvalue weighted by Gasteiger charge is 2.11. The Balaban J connectivity index is 0.00000264. The minimum Gasteiger partial charge on any atom is -1.00 e. The van der Waals surface area contributed by atoms with Gasteiger partial charge < -0.3 is 17.3 Å². The van der Waals surface area contributed by atoms with Gasteiger partial charge >= 0.3 is 0 Å². The first-order chi connectivity index (χ1) is 10.6. The van der Waals surface area contributed by atoms with Crippen molar-refractivity contribution in [2.75, 3.05) is 27.2 Å². The van der Waals surface area contributed by atoms with Gasteiger partial charge in [-0.3, -0.25) is 4.99 Å². The molecule has 0 aliphatic rings. The van der Waals surface area contributed by atoms with Crippen molar-refractivity contribution in [1.82, 2.24) is 4.90 Å².